The van der Waals surface area contributed by atoms with Crippen molar-refractivity contribution in [2.45, 2.75) is 36.8 Å². The molecule has 2 heterocycles. The van der Waals surface area contributed by atoms with Crippen LogP contribution >= 0.6 is 11.8 Å². The fourth-order valence-electron chi connectivity index (χ4n) is 3.24. The first-order valence-electron chi connectivity index (χ1n) is 8.49. The Hall–Kier alpha value is -2.33. The molecule has 0 saturated carbocycles. The molecule has 0 amide bonds. The maximum Gasteiger partial charge on any atom is 0.0890 e. The van der Waals surface area contributed by atoms with Crippen molar-refractivity contribution >= 4 is 34.6 Å². The quantitative estimate of drug-likeness (QED) is 0.477. The average molecular weight is 347 g/mol. The molecule has 1 aliphatic heterocycles. The summed E-state index contributed by atoms with van der Waals surface area (Å²) in [5.41, 5.74) is 5.68. The van der Waals surface area contributed by atoms with Gasteiger partial charge >= 0.3 is 0 Å². The Morgan fingerprint density at radius 3 is 2.68 bits per heavy atom. The van der Waals surface area contributed by atoms with E-state index in [1.807, 2.05) is 48.3 Å². The normalized spacial score (nSPS) is 18.1. The third kappa shape index (κ3) is 3.14. The molecule has 1 aromatic heterocycles. The minimum Gasteiger partial charge on any atom is -0.352 e. The lowest BCUT2D eigenvalue weighted by Gasteiger charge is -2.29. The summed E-state index contributed by atoms with van der Waals surface area (Å²) >= 11 is 1.93. The Morgan fingerprint density at radius 2 is 1.88 bits per heavy atom. The number of aromatic amines is 1. The highest BCUT2D eigenvalue weighted by Gasteiger charge is 2.33. The summed E-state index contributed by atoms with van der Waals surface area (Å²) in [4.78, 5) is 4.89. The van der Waals surface area contributed by atoms with Crippen molar-refractivity contribution in [3.8, 4) is 0 Å². The molecule has 2 aromatic carbocycles. The molecule has 4 rings (SSSR count). The number of rotatable bonds is 2. The lowest BCUT2D eigenvalue weighted by molar-refractivity contribution is 0.737. The van der Waals surface area contributed by atoms with Gasteiger partial charge in [-0.2, -0.15) is 10.2 Å². The Balaban J connectivity index is 1.79. The fraction of sp³-hybridized carbons (Fsp3) is 0.238. The maximum atomic E-state index is 4.58. The van der Waals surface area contributed by atoms with Gasteiger partial charge in [-0.1, -0.05) is 48.5 Å². The van der Waals surface area contributed by atoms with E-state index in [9.17, 15) is 0 Å². The molecule has 0 spiro atoms. The van der Waals surface area contributed by atoms with Crippen LogP contribution in [0, 0.1) is 6.92 Å². The van der Waals surface area contributed by atoms with Gasteiger partial charge in [0.15, 0.2) is 0 Å². The number of thioether (sulfide) groups is 1. The van der Waals surface area contributed by atoms with Crippen molar-refractivity contribution in [1.82, 2.24) is 4.98 Å². The molecule has 1 N–H and O–H groups in total. The number of hydrogen-bond acceptors (Lipinski definition) is 3. The number of aromatic nitrogens is 1. The van der Waals surface area contributed by atoms with Gasteiger partial charge in [0, 0.05) is 21.4 Å². The monoisotopic (exact) mass is 347 g/mol. The van der Waals surface area contributed by atoms with E-state index < -0.39 is 0 Å². The first kappa shape index (κ1) is 16.2. The summed E-state index contributed by atoms with van der Waals surface area (Å²) in [5.74, 6) is 0. The third-order valence-corrected chi connectivity index (χ3v) is 5.76. The molecule has 0 fully saturated rings. The summed E-state index contributed by atoms with van der Waals surface area (Å²) in [7, 11) is 0. The molecular weight excluding hydrogens is 326 g/mol. The van der Waals surface area contributed by atoms with Crippen LogP contribution in [0.4, 0.5) is 0 Å². The largest absolute Gasteiger partial charge is 0.352 e. The number of fused-ring (bicyclic) bond motifs is 3. The van der Waals surface area contributed by atoms with Crippen LogP contribution in [0.1, 0.15) is 37.1 Å². The Kier molecular flexibility index (Phi) is 4.00. The number of nitrogens with one attached hydrogen (secondary N) is 1. The smallest absolute Gasteiger partial charge is 0.0890 e. The van der Waals surface area contributed by atoms with Crippen LogP contribution in [0.2, 0.25) is 0 Å². The van der Waals surface area contributed by atoms with Crippen molar-refractivity contribution in [2.75, 3.05) is 0 Å². The minimum absolute atomic E-state index is 0.104. The van der Waals surface area contributed by atoms with E-state index in [2.05, 4.69) is 54.2 Å². The molecule has 0 atom stereocenters. The highest BCUT2D eigenvalue weighted by atomic mass is 32.2. The molecule has 0 bridgehead atoms. The van der Waals surface area contributed by atoms with Gasteiger partial charge in [-0.25, -0.2) is 0 Å². The van der Waals surface area contributed by atoms with E-state index in [1.165, 1.54) is 21.4 Å². The molecule has 4 heteroatoms. The second kappa shape index (κ2) is 6.19. The first-order chi connectivity index (χ1) is 12.0. The highest BCUT2D eigenvalue weighted by Crippen LogP contribution is 2.46. The summed E-state index contributed by atoms with van der Waals surface area (Å²) in [5, 5.41) is 10.2. The Morgan fingerprint density at radius 1 is 1.08 bits per heavy atom. The molecule has 126 valence electrons. The van der Waals surface area contributed by atoms with Crippen LogP contribution in [0.25, 0.3) is 10.9 Å². The summed E-state index contributed by atoms with van der Waals surface area (Å²) < 4.78 is 0.104. The van der Waals surface area contributed by atoms with Crippen molar-refractivity contribution in [2.24, 2.45) is 10.2 Å². The predicted octanol–water partition coefficient (Wildman–Crippen LogP) is 5.57. The van der Waals surface area contributed by atoms with E-state index in [1.54, 1.807) is 0 Å². The first-order valence-corrected chi connectivity index (χ1v) is 9.31. The summed E-state index contributed by atoms with van der Waals surface area (Å²) in [6.07, 6.45) is 2.71. The lowest BCUT2D eigenvalue weighted by atomic mass is 10.0. The number of hydrogen-bond donors (Lipinski definition) is 1. The zero-order valence-electron chi connectivity index (χ0n) is 14.7. The van der Waals surface area contributed by atoms with Crippen LogP contribution in [-0.2, 0) is 0 Å². The van der Waals surface area contributed by atoms with Gasteiger partial charge in [0.1, 0.15) is 0 Å². The Labute approximate surface area is 152 Å². The molecule has 3 nitrogen and oxygen atoms in total. The molecule has 0 saturated heterocycles. The molecule has 0 unspecified atom stereocenters. The highest BCUT2D eigenvalue weighted by molar-refractivity contribution is 8.01. The third-order valence-electron chi connectivity index (χ3n) is 4.44. The Bertz CT molecular complexity index is 981. The number of aryl methyl sites for hydroxylation is 1. The van der Waals surface area contributed by atoms with Crippen molar-refractivity contribution in [3.05, 3.63) is 65.4 Å². The van der Waals surface area contributed by atoms with Crippen LogP contribution in [0.5, 0.6) is 0 Å². The molecule has 0 radical (unpaired) electrons. The molecular formula is C21H21N3S. The number of nitrogens with zero attached hydrogens (tertiary/aromatic N) is 2. The van der Waals surface area contributed by atoms with E-state index in [4.69, 9.17) is 0 Å². The SMILES string of the molecule is Cc1cccc2c3c([nH]c12)/C(=N\N=C\c1ccccc1)CC(C)(C)S3. The maximum absolute atomic E-state index is 4.58. The van der Waals surface area contributed by atoms with E-state index in [0.717, 1.165) is 23.4 Å². The summed E-state index contributed by atoms with van der Waals surface area (Å²) in [6.45, 7) is 6.68. The van der Waals surface area contributed by atoms with Crippen LogP contribution in [0.15, 0.2) is 63.6 Å². The van der Waals surface area contributed by atoms with Crippen LogP contribution in [-0.4, -0.2) is 21.7 Å². The lowest BCUT2D eigenvalue weighted by Crippen LogP contribution is -2.25. The van der Waals surface area contributed by atoms with E-state index in [0.29, 0.717) is 0 Å². The van der Waals surface area contributed by atoms with Crippen molar-refractivity contribution in [1.29, 1.82) is 0 Å². The van der Waals surface area contributed by atoms with Crippen LogP contribution < -0.4 is 0 Å². The van der Waals surface area contributed by atoms with Crippen molar-refractivity contribution < 1.29 is 0 Å². The number of benzene rings is 2. The molecule has 25 heavy (non-hydrogen) atoms. The van der Waals surface area contributed by atoms with Gasteiger partial charge in [-0.15, -0.1) is 11.8 Å². The zero-order chi connectivity index (χ0) is 17.4. The number of para-hydroxylation sites is 1. The standard InChI is InChI=1S/C21H21N3S/c1-14-8-7-11-16-18(14)23-19-17(12-21(2,3)25-20(16)19)24-22-13-15-9-5-4-6-10-15/h4-11,13,23H,12H2,1-3H3/b22-13+,24-17-. The summed E-state index contributed by atoms with van der Waals surface area (Å²) in [6, 6.07) is 16.5. The average Bonchev–Trinajstić information content (AvgIpc) is 2.95. The van der Waals surface area contributed by atoms with Crippen molar-refractivity contribution in [3.63, 3.8) is 0 Å². The van der Waals surface area contributed by atoms with Gasteiger partial charge in [-0.3, -0.25) is 0 Å². The van der Waals surface area contributed by atoms with Gasteiger partial charge in [0.25, 0.3) is 0 Å². The molecule has 0 aliphatic carbocycles. The van der Waals surface area contributed by atoms with E-state index >= 15 is 0 Å². The topological polar surface area (TPSA) is 40.5 Å². The molecule has 3 aromatic rings. The second-order valence-corrected chi connectivity index (χ2v) is 8.78. The van der Waals surface area contributed by atoms with Gasteiger partial charge in [0.05, 0.1) is 23.1 Å². The minimum atomic E-state index is 0.104. The fourth-order valence-corrected chi connectivity index (χ4v) is 4.55. The van der Waals surface area contributed by atoms with Gasteiger partial charge in [-0.05, 0) is 31.9 Å². The van der Waals surface area contributed by atoms with Gasteiger partial charge in [0.2, 0.25) is 0 Å². The predicted molar refractivity (Wildman–Crippen MR) is 108 cm³/mol. The zero-order valence-corrected chi connectivity index (χ0v) is 15.5. The van der Waals surface area contributed by atoms with Crippen LogP contribution in [0.3, 0.4) is 0 Å². The van der Waals surface area contributed by atoms with E-state index in [-0.39, 0.29) is 4.75 Å². The van der Waals surface area contributed by atoms with Gasteiger partial charge < -0.3 is 4.98 Å². The second-order valence-electron chi connectivity index (χ2n) is 7.07. The molecule has 1 aliphatic rings. The number of H-pyrrole nitrogens is 1.